The van der Waals surface area contributed by atoms with Crippen LogP contribution in [0.4, 0.5) is 5.69 Å². The van der Waals surface area contributed by atoms with Crippen molar-refractivity contribution in [3.63, 3.8) is 0 Å². The Morgan fingerprint density at radius 2 is 2.00 bits per heavy atom. The average Bonchev–Trinajstić information content (AvgIpc) is 2.30. The van der Waals surface area contributed by atoms with Gasteiger partial charge in [0.25, 0.3) is 5.69 Å². The van der Waals surface area contributed by atoms with E-state index in [2.05, 4.69) is 24.1 Å². The minimum atomic E-state index is -0.340. The van der Waals surface area contributed by atoms with Gasteiger partial charge in [0.2, 0.25) is 0 Å². The summed E-state index contributed by atoms with van der Waals surface area (Å²) in [6.45, 7) is 7.96. The van der Waals surface area contributed by atoms with Crippen molar-refractivity contribution in [1.29, 1.82) is 0 Å². The number of nitro groups is 1. The van der Waals surface area contributed by atoms with E-state index in [0.29, 0.717) is 5.69 Å². The Morgan fingerprint density at radius 3 is 2.44 bits per heavy atom. The zero-order chi connectivity index (χ0) is 13.9. The smallest absolute Gasteiger partial charge is 0.291 e. The number of nitrogens with one attached hydrogen (secondary N) is 1. The van der Waals surface area contributed by atoms with Gasteiger partial charge < -0.3 is 5.32 Å². The summed E-state index contributed by atoms with van der Waals surface area (Å²) in [4.78, 5) is 15.1. The quantitative estimate of drug-likeness (QED) is 0.645. The molecule has 0 aliphatic heterocycles. The summed E-state index contributed by atoms with van der Waals surface area (Å²) < 4.78 is 0. The number of rotatable bonds is 5. The highest BCUT2D eigenvalue weighted by atomic mass is 16.6. The lowest BCUT2D eigenvalue weighted by Gasteiger charge is -2.26. The van der Waals surface area contributed by atoms with Gasteiger partial charge in [-0.05, 0) is 32.4 Å². The molecule has 2 atom stereocenters. The first-order valence-corrected chi connectivity index (χ1v) is 6.16. The average molecular weight is 251 g/mol. The Labute approximate surface area is 108 Å². The van der Waals surface area contributed by atoms with Gasteiger partial charge in [-0.2, -0.15) is 0 Å². The van der Waals surface area contributed by atoms with Gasteiger partial charge in [-0.3, -0.25) is 15.1 Å². The lowest BCUT2D eigenvalue weighted by molar-refractivity contribution is -0.386. The van der Waals surface area contributed by atoms with E-state index in [1.54, 1.807) is 12.3 Å². The van der Waals surface area contributed by atoms with Crippen molar-refractivity contribution < 1.29 is 4.92 Å². The topological polar surface area (TPSA) is 68.1 Å². The van der Waals surface area contributed by atoms with E-state index in [9.17, 15) is 10.1 Å². The number of likely N-dealkylation sites (N-methyl/N-ethyl adjacent to an activating group) is 1. The first-order chi connectivity index (χ1) is 8.38. The number of hydrogen-bond acceptors (Lipinski definition) is 4. The Bertz CT molecular complexity index is 432. The lowest BCUT2D eigenvalue weighted by atomic mass is 9.85. The fourth-order valence-corrected chi connectivity index (χ4v) is 2.28. The molecule has 1 heterocycles. The zero-order valence-electron chi connectivity index (χ0n) is 11.6. The molecule has 0 radical (unpaired) electrons. The molecule has 0 aliphatic carbocycles. The van der Waals surface area contributed by atoms with E-state index in [1.165, 1.54) is 0 Å². The molecule has 1 aromatic heterocycles. The van der Waals surface area contributed by atoms with Gasteiger partial charge in [0.1, 0.15) is 5.69 Å². The van der Waals surface area contributed by atoms with Gasteiger partial charge in [-0.25, -0.2) is 0 Å². The maximum absolute atomic E-state index is 11.2. The number of nitrogens with zero attached hydrogens (tertiary/aromatic N) is 2. The predicted molar refractivity (Wildman–Crippen MR) is 71.7 cm³/mol. The number of aryl methyl sites for hydroxylation is 1. The fourth-order valence-electron chi connectivity index (χ4n) is 2.28. The molecule has 0 amide bonds. The van der Waals surface area contributed by atoms with Crippen molar-refractivity contribution in [2.45, 2.75) is 39.7 Å². The van der Waals surface area contributed by atoms with Crippen molar-refractivity contribution in [3.05, 3.63) is 33.6 Å². The third-order valence-corrected chi connectivity index (χ3v) is 3.26. The fraction of sp³-hybridized carbons (Fsp3) is 0.615. The summed E-state index contributed by atoms with van der Waals surface area (Å²) in [7, 11) is 1.86. The van der Waals surface area contributed by atoms with Crippen LogP contribution in [0.15, 0.2) is 12.3 Å². The first-order valence-electron chi connectivity index (χ1n) is 6.16. The van der Waals surface area contributed by atoms with Crippen molar-refractivity contribution in [3.8, 4) is 0 Å². The second-order valence-electron chi connectivity index (χ2n) is 5.02. The van der Waals surface area contributed by atoms with Crippen LogP contribution in [-0.2, 0) is 0 Å². The Hall–Kier alpha value is -1.49. The van der Waals surface area contributed by atoms with Gasteiger partial charge in [0.15, 0.2) is 0 Å². The van der Waals surface area contributed by atoms with Crippen LogP contribution in [0, 0.1) is 23.0 Å². The number of aromatic nitrogens is 1. The maximum atomic E-state index is 11.2. The highest BCUT2D eigenvalue weighted by molar-refractivity contribution is 5.40. The highest BCUT2D eigenvalue weighted by Gasteiger charge is 2.30. The van der Waals surface area contributed by atoms with Crippen molar-refractivity contribution >= 4 is 5.69 Å². The predicted octanol–water partition coefficient (Wildman–Crippen LogP) is 2.65. The van der Waals surface area contributed by atoms with Crippen LogP contribution in [0.2, 0.25) is 0 Å². The molecule has 5 heteroatoms. The second kappa shape index (κ2) is 5.91. The minimum absolute atomic E-state index is 0.0241. The van der Waals surface area contributed by atoms with Crippen LogP contribution in [0.3, 0.4) is 0 Å². The van der Waals surface area contributed by atoms with Gasteiger partial charge in [0.05, 0.1) is 4.92 Å². The van der Waals surface area contributed by atoms with Crippen LogP contribution >= 0.6 is 0 Å². The van der Waals surface area contributed by atoms with E-state index in [0.717, 1.165) is 5.56 Å². The van der Waals surface area contributed by atoms with E-state index in [4.69, 9.17) is 0 Å². The summed E-state index contributed by atoms with van der Waals surface area (Å²) in [6, 6.07) is 1.74. The number of hydrogen-bond donors (Lipinski definition) is 1. The molecule has 1 N–H and O–H groups in total. The summed E-state index contributed by atoms with van der Waals surface area (Å²) in [5.41, 5.74) is 1.50. The maximum Gasteiger partial charge on any atom is 0.291 e. The van der Waals surface area contributed by atoms with E-state index < -0.39 is 0 Å². The normalized spacial score (nSPS) is 14.6. The van der Waals surface area contributed by atoms with Crippen LogP contribution < -0.4 is 5.32 Å². The molecule has 18 heavy (non-hydrogen) atoms. The summed E-state index contributed by atoms with van der Waals surface area (Å²) in [6.07, 6.45) is 1.69. The monoisotopic (exact) mass is 251 g/mol. The van der Waals surface area contributed by atoms with Crippen molar-refractivity contribution in [1.82, 2.24) is 10.3 Å². The van der Waals surface area contributed by atoms with Crippen LogP contribution in [0.25, 0.3) is 0 Å². The lowest BCUT2D eigenvalue weighted by Crippen LogP contribution is -2.33. The molecular formula is C13H21N3O2. The molecular weight excluding hydrogens is 230 g/mol. The Balaban J connectivity index is 3.31. The van der Waals surface area contributed by atoms with Crippen LogP contribution in [0.5, 0.6) is 0 Å². The SMILES string of the molecule is CNC(C)C(c1ncc(C)cc1[N+](=O)[O-])C(C)C. The third kappa shape index (κ3) is 3.04. The molecule has 0 bridgehead atoms. The Morgan fingerprint density at radius 1 is 1.39 bits per heavy atom. The summed E-state index contributed by atoms with van der Waals surface area (Å²) in [5, 5.41) is 14.3. The van der Waals surface area contributed by atoms with E-state index in [-0.39, 0.29) is 28.5 Å². The Kier molecular flexibility index (Phi) is 4.78. The summed E-state index contributed by atoms with van der Waals surface area (Å²) in [5.74, 6) is 0.303. The molecule has 5 nitrogen and oxygen atoms in total. The molecule has 1 aromatic rings. The van der Waals surface area contributed by atoms with Gasteiger partial charge in [0, 0.05) is 24.2 Å². The zero-order valence-corrected chi connectivity index (χ0v) is 11.6. The van der Waals surface area contributed by atoms with Crippen LogP contribution in [-0.4, -0.2) is 23.0 Å². The molecule has 1 rings (SSSR count). The standard InChI is InChI=1S/C13H21N3O2/c1-8(2)12(10(4)14-5)13-11(16(17)18)6-9(3)7-15-13/h6-8,10,12,14H,1-5H3. The molecule has 0 saturated carbocycles. The largest absolute Gasteiger partial charge is 0.317 e. The summed E-state index contributed by atoms with van der Waals surface area (Å²) >= 11 is 0. The van der Waals surface area contributed by atoms with Gasteiger partial charge >= 0.3 is 0 Å². The number of pyridine rings is 1. The molecule has 0 spiro atoms. The van der Waals surface area contributed by atoms with Gasteiger partial charge in [-0.1, -0.05) is 13.8 Å². The molecule has 0 saturated heterocycles. The van der Waals surface area contributed by atoms with E-state index >= 15 is 0 Å². The highest BCUT2D eigenvalue weighted by Crippen LogP contribution is 2.33. The molecule has 2 unspecified atom stereocenters. The van der Waals surface area contributed by atoms with Crippen molar-refractivity contribution in [2.75, 3.05) is 7.05 Å². The van der Waals surface area contributed by atoms with E-state index in [1.807, 2.05) is 20.9 Å². The minimum Gasteiger partial charge on any atom is -0.317 e. The second-order valence-corrected chi connectivity index (χ2v) is 5.02. The molecule has 100 valence electrons. The molecule has 0 aromatic carbocycles. The van der Waals surface area contributed by atoms with Crippen molar-refractivity contribution in [2.24, 2.45) is 5.92 Å². The van der Waals surface area contributed by atoms with Crippen LogP contribution in [0.1, 0.15) is 37.9 Å². The first kappa shape index (κ1) is 14.6. The molecule has 0 fully saturated rings. The van der Waals surface area contributed by atoms with Gasteiger partial charge in [-0.15, -0.1) is 0 Å². The third-order valence-electron chi connectivity index (χ3n) is 3.26. The molecule has 0 aliphatic rings.